The first-order chi connectivity index (χ1) is 41.4. The van der Waals surface area contributed by atoms with E-state index < -0.39 is 88.2 Å². The van der Waals surface area contributed by atoms with Crippen LogP contribution in [0, 0.1) is 11.8 Å². The maximum atomic E-state index is 13.4. The zero-order valence-electron chi connectivity index (χ0n) is 46.0. The number of benzene rings is 2. The van der Waals surface area contributed by atoms with Gasteiger partial charge in [0.2, 0.25) is 23.7 Å². The number of hydrogen-bond donors (Lipinski definition) is 2. The van der Waals surface area contributed by atoms with E-state index in [1.54, 1.807) is 59.4 Å². The predicted molar refractivity (Wildman–Crippen MR) is 294 cm³/mol. The molecule has 8 saturated heterocycles. The minimum atomic E-state index is -4.01. The minimum Gasteiger partial charge on any atom is -0.476 e. The van der Waals surface area contributed by atoms with Gasteiger partial charge in [-0.15, -0.1) is 0 Å². The van der Waals surface area contributed by atoms with Gasteiger partial charge < -0.3 is 58.8 Å². The average Bonchev–Trinajstić information content (AvgIpc) is 1.85. The molecule has 0 unspecified atom stereocenters. The summed E-state index contributed by atoms with van der Waals surface area (Å²) in [5.74, 6) is 0.812. The number of nitrogen functional groups attached to an aromatic ring is 2. The number of phosphoric ester groups is 2. The molecule has 14 rings (SSSR count). The monoisotopic (exact) mass is 1270 g/mol. The van der Waals surface area contributed by atoms with Crippen molar-refractivity contribution in [3.63, 3.8) is 0 Å². The van der Waals surface area contributed by atoms with Crippen LogP contribution in [0.15, 0.2) is 61.2 Å². The first-order valence-electron chi connectivity index (χ1n) is 27.6. The summed E-state index contributed by atoms with van der Waals surface area (Å²) < 4.78 is 121. The van der Waals surface area contributed by atoms with Crippen LogP contribution < -0.4 is 20.9 Å². The maximum absolute atomic E-state index is 13.4. The van der Waals surface area contributed by atoms with Crippen molar-refractivity contribution in [1.82, 2.24) is 39.0 Å². The third-order valence-corrected chi connectivity index (χ3v) is 19.2. The second-order valence-corrected chi connectivity index (χ2v) is 25.8. The molecule has 460 valence electrons. The van der Waals surface area contributed by atoms with Gasteiger partial charge in [0, 0.05) is 47.9 Å². The Balaban J connectivity index is 0.000000160. The van der Waals surface area contributed by atoms with Gasteiger partial charge in [-0.05, 0) is 62.1 Å². The predicted octanol–water partition coefficient (Wildman–Crippen LogP) is 7.94. The number of carbonyl (C=O) groups is 2. The van der Waals surface area contributed by atoms with Crippen molar-refractivity contribution in [2.75, 3.05) is 77.5 Å². The molecule has 86 heavy (non-hydrogen) atoms. The molecule has 0 bridgehead atoms. The number of imidazole rings is 2. The molecule has 0 saturated carbocycles. The molecular weight excluding hydrogens is 1220 g/mol. The lowest BCUT2D eigenvalue weighted by molar-refractivity contribution is -0.0927. The van der Waals surface area contributed by atoms with Crippen molar-refractivity contribution >= 4 is 85.4 Å². The molecule has 30 nitrogen and oxygen atoms in total. The second kappa shape index (κ2) is 23.8. The number of halogens is 2. The Morgan fingerprint density at radius 1 is 0.616 bits per heavy atom. The van der Waals surface area contributed by atoms with E-state index in [0.717, 1.165) is 24.0 Å². The van der Waals surface area contributed by atoms with Crippen molar-refractivity contribution in [2.45, 2.75) is 99.8 Å². The Kier molecular flexibility index (Phi) is 16.3. The van der Waals surface area contributed by atoms with Gasteiger partial charge in [-0.3, -0.25) is 36.3 Å². The number of phosphoric acid groups is 2. The highest BCUT2D eigenvalue weighted by Crippen LogP contribution is 2.60. The molecule has 34 heteroatoms. The summed E-state index contributed by atoms with van der Waals surface area (Å²) in [5, 5.41) is 1.05. The SMILES string of the molecule is C[C@@]12OC(=O)O[C@@H]1[C@@H](CO[P@@]1(=O)OCC[C@@H](c3cccc(Cl)c3)O1)O[C@H]2n1cnc2c(OC[C@@H]3CCOC3)nc(N)nc21.C[C@@]12OC(=O)O[C@@H]1[C@@H](CO[P@@]1(=O)OCC[C@@H](c3cccc(Cl)c3)O1)O[C@H]2n1cnc2c(OC[C@H]3CCOC3)nc(N)nc21. The van der Waals surface area contributed by atoms with Crippen molar-refractivity contribution in [2.24, 2.45) is 11.8 Å². The lowest BCUT2D eigenvalue weighted by Crippen LogP contribution is -2.42. The number of aromatic nitrogens is 8. The van der Waals surface area contributed by atoms with Gasteiger partial charge in [-0.1, -0.05) is 47.5 Å². The molecule has 8 fully saturated rings. The summed E-state index contributed by atoms with van der Waals surface area (Å²) in [7, 11) is -8.02. The van der Waals surface area contributed by atoms with Crippen molar-refractivity contribution in [1.29, 1.82) is 0 Å². The number of carbonyl (C=O) groups excluding carboxylic acids is 2. The smallest absolute Gasteiger partial charge is 0.476 e. The topological polar surface area (TPSA) is 355 Å². The van der Waals surface area contributed by atoms with Gasteiger partial charge in [-0.2, -0.15) is 19.9 Å². The van der Waals surface area contributed by atoms with Crippen LogP contribution in [0.3, 0.4) is 0 Å². The summed E-state index contributed by atoms with van der Waals surface area (Å²) in [6, 6.07) is 14.1. The van der Waals surface area contributed by atoms with Crippen molar-refractivity contribution in [3.8, 4) is 11.8 Å². The normalized spacial score (nSPS) is 33.8. The van der Waals surface area contributed by atoms with Gasteiger partial charge in [0.05, 0.1) is 77.7 Å². The zero-order chi connectivity index (χ0) is 59.5. The van der Waals surface area contributed by atoms with Crippen LogP contribution in [-0.2, 0) is 74.2 Å². The number of nitrogens with zero attached hydrogens (tertiary/aromatic N) is 8. The number of nitrogens with two attached hydrogens (primary N) is 2. The number of anilines is 2. The number of rotatable bonds is 16. The molecule has 12 heterocycles. The van der Waals surface area contributed by atoms with E-state index in [2.05, 4.69) is 29.9 Å². The average molecular weight is 1280 g/mol. The summed E-state index contributed by atoms with van der Waals surface area (Å²) in [6.45, 7) is 6.34. The molecule has 8 aliphatic rings. The Morgan fingerprint density at radius 3 is 1.47 bits per heavy atom. The summed E-state index contributed by atoms with van der Waals surface area (Å²) in [6.07, 6.45) is -2.88. The highest BCUT2D eigenvalue weighted by molar-refractivity contribution is 7.48. The Labute approximate surface area is 499 Å². The summed E-state index contributed by atoms with van der Waals surface area (Å²) in [5.41, 5.74) is 12.2. The first-order valence-corrected chi connectivity index (χ1v) is 31.3. The van der Waals surface area contributed by atoms with Crippen LogP contribution in [0.1, 0.15) is 75.3 Å². The molecule has 0 spiro atoms. The molecule has 0 amide bonds. The first kappa shape index (κ1) is 58.9. The van der Waals surface area contributed by atoms with Crippen molar-refractivity contribution in [3.05, 3.63) is 82.4 Å². The Morgan fingerprint density at radius 2 is 1.06 bits per heavy atom. The fourth-order valence-corrected chi connectivity index (χ4v) is 14.6. The van der Waals surface area contributed by atoms with E-state index in [1.165, 1.54) is 12.7 Å². The summed E-state index contributed by atoms with van der Waals surface area (Å²) >= 11 is 12.2. The van der Waals surface area contributed by atoms with Gasteiger partial charge in [0.25, 0.3) is 0 Å². The largest absolute Gasteiger partial charge is 0.509 e. The Hall–Kier alpha value is -6.08. The molecule has 14 atom stereocenters. The minimum absolute atomic E-state index is 0.0369. The number of hydrogen-bond acceptors (Lipinski definition) is 28. The third-order valence-electron chi connectivity index (χ3n) is 15.7. The molecule has 2 aromatic carbocycles. The molecule has 4 N–H and O–H groups in total. The highest BCUT2D eigenvalue weighted by atomic mass is 35.5. The quantitative estimate of drug-likeness (QED) is 0.0685. The molecule has 0 aliphatic carbocycles. The second-order valence-electron chi connectivity index (χ2n) is 21.7. The Bertz CT molecular complexity index is 3410. The van der Waals surface area contributed by atoms with Crippen LogP contribution in [-0.4, -0.2) is 153 Å². The zero-order valence-corrected chi connectivity index (χ0v) is 49.3. The number of ether oxygens (including phenoxy) is 10. The maximum Gasteiger partial charge on any atom is 0.509 e. The van der Waals surface area contributed by atoms with E-state index in [1.807, 2.05) is 12.1 Å². The fraction of sp³-hybridized carbons (Fsp3) is 0.538. The lowest BCUT2D eigenvalue weighted by Gasteiger charge is -2.30. The van der Waals surface area contributed by atoms with Crippen molar-refractivity contribution < 1.29 is 93.2 Å². The van der Waals surface area contributed by atoms with Crippen LogP contribution in [0.2, 0.25) is 10.0 Å². The molecule has 4 aromatic heterocycles. The highest BCUT2D eigenvalue weighted by Gasteiger charge is 2.66. The molecule has 6 aromatic rings. The lowest BCUT2D eigenvalue weighted by atomic mass is 9.96. The van der Waals surface area contributed by atoms with E-state index >= 15 is 0 Å². The number of fused-ring (bicyclic) bond motifs is 4. The van der Waals surface area contributed by atoms with E-state index in [0.29, 0.717) is 84.9 Å². The van der Waals surface area contributed by atoms with Crippen LogP contribution >= 0.6 is 38.8 Å². The fourth-order valence-electron chi connectivity index (χ4n) is 11.5. The molecule has 0 radical (unpaired) electrons. The van der Waals surface area contributed by atoms with Crippen LogP contribution in [0.4, 0.5) is 21.5 Å². The van der Waals surface area contributed by atoms with Gasteiger partial charge in [-0.25, -0.2) is 28.7 Å². The van der Waals surface area contributed by atoms with E-state index in [4.69, 9.17) is 109 Å². The van der Waals surface area contributed by atoms with E-state index in [9.17, 15) is 18.7 Å². The van der Waals surface area contributed by atoms with Gasteiger partial charge in [0.1, 0.15) is 12.2 Å². The molecular formula is C52H58Cl2N10O20P2. The molecule has 8 aliphatic heterocycles. The van der Waals surface area contributed by atoms with Crippen LogP contribution in [0.25, 0.3) is 22.3 Å². The van der Waals surface area contributed by atoms with Gasteiger partial charge in [0.15, 0.2) is 58.2 Å². The summed E-state index contributed by atoms with van der Waals surface area (Å²) in [4.78, 5) is 50.8. The third kappa shape index (κ3) is 11.8. The standard InChI is InChI=1S/2C26H29ClN5O10P/c2*1-26-20(40-25(33)41-26)18(12-38-43(34)37-8-6-17(42-43)15-3-2-4-16(27)9-15)39-23(26)32-13-29-19-21(32)30-24(28)31-22(19)36-11-14-5-7-35-10-14/h2*2-4,9,13-14,17-18,20,23H,5-8,10-12H2,1H3,(H2,28,30,31)/t14-,17+,18-,20-,23-,26-,43-;14-,17-,18+,20+,23+,26+,43+/m10/s1. The van der Waals surface area contributed by atoms with Gasteiger partial charge >= 0.3 is 28.0 Å². The van der Waals surface area contributed by atoms with E-state index in [-0.39, 0.29) is 61.9 Å². The van der Waals surface area contributed by atoms with Crippen LogP contribution in [0.5, 0.6) is 11.8 Å².